The zero-order valence-electron chi connectivity index (χ0n) is 21.8. The Morgan fingerprint density at radius 2 is 1.69 bits per heavy atom. The van der Waals surface area contributed by atoms with Crippen molar-refractivity contribution in [2.75, 3.05) is 44.3 Å². The van der Waals surface area contributed by atoms with Crippen molar-refractivity contribution in [1.82, 2.24) is 9.88 Å². The molecule has 0 spiro atoms. The van der Waals surface area contributed by atoms with Crippen LogP contribution in [0.2, 0.25) is 0 Å². The van der Waals surface area contributed by atoms with Crippen LogP contribution in [0.15, 0.2) is 22.0 Å². The van der Waals surface area contributed by atoms with Gasteiger partial charge < -0.3 is 15.1 Å². The van der Waals surface area contributed by atoms with Gasteiger partial charge in [-0.25, -0.2) is 4.98 Å². The molecule has 1 aromatic heterocycles. The molecule has 1 aliphatic carbocycles. The Balaban J connectivity index is 1.48. The van der Waals surface area contributed by atoms with E-state index >= 15 is 0 Å². The van der Waals surface area contributed by atoms with Gasteiger partial charge in [0.1, 0.15) is 0 Å². The summed E-state index contributed by atoms with van der Waals surface area (Å²) in [6.45, 7) is 13.6. The molecule has 5 nitrogen and oxygen atoms in total. The number of aliphatic hydroxyl groups is 2. The van der Waals surface area contributed by atoms with E-state index in [1.807, 2.05) is 0 Å². The van der Waals surface area contributed by atoms with Crippen molar-refractivity contribution < 1.29 is 10.2 Å². The van der Waals surface area contributed by atoms with Crippen molar-refractivity contribution in [3.63, 3.8) is 0 Å². The summed E-state index contributed by atoms with van der Waals surface area (Å²) < 4.78 is 1.10. The first-order chi connectivity index (χ1) is 16.7. The number of hydrogen-bond acceptors (Lipinski definition) is 6. The van der Waals surface area contributed by atoms with Gasteiger partial charge >= 0.3 is 0 Å². The van der Waals surface area contributed by atoms with Crippen molar-refractivity contribution in [2.45, 2.75) is 83.1 Å². The van der Waals surface area contributed by atoms with Gasteiger partial charge in [-0.05, 0) is 89.0 Å². The number of fused-ring (bicyclic) bond motifs is 1. The Bertz CT molecular complexity index is 998. The number of piperidine rings is 1. The summed E-state index contributed by atoms with van der Waals surface area (Å²) in [4.78, 5) is 9.95. The Morgan fingerprint density at radius 1 is 1.00 bits per heavy atom. The van der Waals surface area contributed by atoms with Crippen LogP contribution in [0.5, 0.6) is 0 Å². The first kappa shape index (κ1) is 27.1. The van der Waals surface area contributed by atoms with Gasteiger partial charge in [-0.2, -0.15) is 0 Å². The fourth-order valence-electron chi connectivity index (χ4n) is 5.79. The molecule has 194 valence electrons. The second-order valence-corrected chi connectivity index (χ2v) is 13.9. The molecule has 0 atom stereocenters. The van der Waals surface area contributed by atoms with Crippen molar-refractivity contribution in [2.24, 2.45) is 0 Å². The maximum absolute atomic E-state index is 9.52. The number of aliphatic hydroxyl groups excluding tert-OH is 2. The quantitative estimate of drug-likeness (QED) is 0.369. The molecule has 0 amide bonds. The topological polar surface area (TPSA) is 59.8 Å². The lowest BCUT2D eigenvalue weighted by atomic mass is 9.63. The Hall–Kier alpha value is -0.990. The normalized spacial score (nSPS) is 19.8. The molecule has 2 heterocycles. The van der Waals surface area contributed by atoms with Gasteiger partial charge in [0.15, 0.2) is 5.13 Å². The third-order valence-electron chi connectivity index (χ3n) is 8.19. The zero-order chi connectivity index (χ0) is 25.2. The van der Waals surface area contributed by atoms with Crippen LogP contribution in [0.25, 0.3) is 11.3 Å². The summed E-state index contributed by atoms with van der Waals surface area (Å²) in [6.07, 6.45) is 6.40. The van der Waals surface area contributed by atoms with Crippen LogP contribution < -0.4 is 4.90 Å². The van der Waals surface area contributed by atoms with E-state index in [2.05, 4.69) is 71.6 Å². The number of thiazole rings is 1. The van der Waals surface area contributed by atoms with E-state index in [0.717, 1.165) is 59.9 Å². The number of rotatable bonds is 9. The predicted octanol–water partition coefficient (Wildman–Crippen LogP) is 5.96. The fraction of sp³-hybridized carbons (Fsp3) is 0.679. The van der Waals surface area contributed by atoms with Gasteiger partial charge in [-0.1, -0.05) is 51.2 Å². The Morgan fingerprint density at radius 3 is 2.34 bits per heavy atom. The van der Waals surface area contributed by atoms with Crippen molar-refractivity contribution >= 4 is 32.4 Å². The second kappa shape index (κ2) is 11.2. The van der Waals surface area contributed by atoms with Crippen LogP contribution in [0, 0.1) is 0 Å². The lowest BCUT2D eigenvalue weighted by Gasteiger charge is -2.42. The molecule has 0 unspecified atom stereocenters. The molecule has 0 bridgehead atoms. The molecule has 1 saturated heterocycles. The van der Waals surface area contributed by atoms with Gasteiger partial charge in [0.05, 0.1) is 16.1 Å². The molecule has 7 heteroatoms. The Labute approximate surface area is 223 Å². The highest BCUT2D eigenvalue weighted by molar-refractivity contribution is 9.11. The molecule has 1 aromatic carbocycles. The number of hydrogen-bond donors (Lipinski definition) is 2. The highest BCUT2D eigenvalue weighted by Crippen LogP contribution is 2.47. The number of unbranched alkanes of at least 4 members (excludes halogenated alkanes) is 1. The molecule has 0 saturated carbocycles. The maximum atomic E-state index is 9.52. The third kappa shape index (κ3) is 5.96. The summed E-state index contributed by atoms with van der Waals surface area (Å²) in [6, 6.07) is 7.49. The van der Waals surface area contributed by atoms with Gasteiger partial charge in [-0.15, -0.1) is 0 Å². The lowest BCUT2D eigenvalue weighted by Crippen LogP contribution is -2.46. The lowest BCUT2D eigenvalue weighted by molar-refractivity contribution is 0.128. The zero-order valence-corrected chi connectivity index (χ0v) is 24.2. The molecule has 1 fully saturated rings. The first-order valence-corrected chi connectivity index (χ1v) is 14.8. The molecular formula is C28H42BrN3O2S. The average Bonchev–Trinajstić information content (AvgIpc) is 3.23. The van der Waals surface area contributed by atoms with E-state index in [1.54, 1.807) is 11.3 Å². The smallest absolute Gasteiger partial charge is 0.186 e. The number of halogens is 1. The summed E-state index contributed by atoms with van der Waals surface area (Å²) in [5.74, 6) is 0. The number of anilines is 1. The minimum absolute atomic E-state index is 0.186. The van der Waals surface area contributed by atoms with Crippen molar-refractivity contribution in [1.29, 1.82) is 0 Å². The van der Waals surface area contributed by atoms with Crippen LogP contribution in [0.3, 0.4) is 0 Å². The minimum Gasteiger partial charge on any atom is -0.396 e. The van der Waals surface area contributed by atoms with E-state index in [1.165, 1.54) is 29.5 Å². The monoisotopic (exact) mass is 563 g/mol. The van der Waals surface area contributed by atoms with Crippen molar-refractivity contribution in [3.8, 4) is 11.3 Å². The van der Waals surface area contributed by atoms with E-state index in [-0.39, 0.29) is 24.0 Å². The molecule has 2 aliphatic rings. The van der Waals surface area contributed by atoms with Gasteiger partial charge in [0.25, 0.3) is 0 Å². The van der Waals surface area contributed by atoms with Crippen LogP contribution in [0.4, 0.5) is 5.13 Å². The average molecular weight is 565 g/mol. The molecule has 0 radical (unpaired) electrons. The summed E-state index contributed by atoms with van der Waals surface area (Å²) in [5.41, 5.74) is 5.62. The van der Waals surface area contributed by atoms with Crippen LogP contribution in [0.1, 0.15) is 77.3 Å². The van der Waals surface area contributed by atoms with Gasteiger partial charge in [0, 0.05) is 37.8 Å². The standard InChI is InChI=1S/C28H42BrN3O2S/c1-27(2)11-12-28(3,4)23-19-20(7-8-22(23)27)24-25(29)35-26(30-24)32-14-9-21(10-15-32)31(16-18-34)13-5-6-17-33/h7-8,19,21,33-34H,5-6,9-18H2,1-4H3. The van der Waals surface area contributed by atoms with E-state index in [0.29, 0.717) is 12.6 Å². The number of aromatic nitrogens is 1. The number of nitrogens with zero attached hydrogens (tertiary/aromatic N) is 3. The van der Waals surface area contributed by atoms with Gasteiger partial charge in [-0.3, -0.25) is 4.90 Å². The summed E-state index contributed by atoms with van der Waals surface area (Å²) >= 11 is 5.57. The third-order valence-corrected chi connectivity index (χ3v) is 9.96. The molecule has 4 rings (SSSR count). The highest BCUT2D eigenvalue weighted by Gasteiger charge is 2.37. The largest absolute Gasteiger partial charge is 0.396 e. The van der Waals surface area contributed by atoms with Crippen LogP contribution >= 0.6 is 27.3 Å². The van der Waals surface area contributed by atoms with E-state index < -0.39 is 0 Å². The van der Waals surface area contributed by atoms with Crippen LogP contribution in [-0.4, -0.2) is 65.5 Å². The number of benzene rings is 1. The van der Waals surface area contributed by atoms with E-state index in [4.69, 9.17) is 10.1 Å². The van der Waals surface area contributed by atoms with E-state index in [9.17, 15) is 5.11 Å². The molecule has 1 aliphatic heterocycles. The first-order valence-electron chi connectivity index (χ1n) is 13.2. The molecular weight excluding hydrogens is 522 g/mol. The molecule has 2 N–H and O–H groups in total. The summed E-state index contributed by atoms with van der Waals surface area (Å²) in [7, 11) is 0. The van der Waals surface area contributed by atoms with Gasteiger partial charge in [0.2, 0.25) is 0 Å². The Kier molecular flexibility index (Phi) is 8.64. The van der Waals surface area contributed by atoms with Crippen molar-refractivity contribution in [3.05, 3.63) is 33.1 Å². The molecule has 35 heavy (non-hydrogen) atoms. The maximum Gasteiger partial charge on any atom is 0.186 e. The molecule has 2 aromatic rings. The van der Waals surface area contributed by atoms with Crippen LogP contribution in [-0.2, 0) is 10.8 Å². The minimum atomic E-state index is 0.186. The second-order valence-electron chi connectivity index (χ2n) is 11.6. The predicted molar refractivity (Wildman–Crippen MR) is 151 cm³/mol. The highest BCUT2D eigenvalue weighted by atomic mass is 79.9. The SMILES string of the molecule is CC1(C)CCC(C)(C)c2cc(-c3nc(N4CCC(N(CCO)CCCCO)CC4)sc3Br)ccc21. The summed E-state index contributed by atoms with van der Waals surface area (Å²) in [5, 5.41) is 19.7. The fourth-order valence-corrected chi connectivity index (χ4v) is 7.42.